The number of nitrogens with two attached hydrogens (primary N) is 2. The monoisotopic (exact) mass is 581 g/mol. The fourth-order valence-electron chi connectivity index (χ4n) is 5.06. The van der Waals surface area contributed by atoms with Gasteiger partial charge in [0.05, 0.1) is 6.04 Å². The Hall–Kier alpha value is -2.12. The summed E-state index contributed by atoms with van der Waals surface area (Å²) >= 11 is 0. The van der Waals surface area contributed by atoms with Gasteiger partial charge in [0.15, 0.2) is 0 Å². The van der Waals surface area contributed by atoms with Gasteiger partial charge in [0, 0.05) is 24.9 Å². The van der Waals surface area contributed by atoms with Gasteiger partial charge < -0.3 is 21.1 Å². The van der Waals surface area contributed by atoms with Gasteiger partial charge in [0.25, 0.3) is 0 Å². The van der Waals surface area contributed by atoms with E-state index >= 15 is 0 Å². The summed E-state index contributed by atoms with van der Waals surface area (Å²) in [6.45, 7) is 6.37. The number of nitrogens with zero attached hydrogens (tertiary/aromatic N) is 1. The van der Waals surface area contributed by atoms with E-state index in [-0.39, 0.29) is 55.8 Å². The lowest BCUT2D eigenvalue weighted by molar-refractivity contribution is -0.145. The first kappa shape index (κ1) is 37.9. The van der Waals surface area contributed by atoms with Gasteiger partial charge in [-0.1, -0.05) is 108 Å². The van der Waals surface area contributed by atoms with Gasteiger partial charge in [0.2, 0.25) is 11.8 Å². The highest BCUT2D eigenvalue weighted by Gasteiger charge is 2.30. The number of carbonyl (C=O) groups excluding carboxylic acids is 3. The van der Waals surface area contributed by atoms with E-state index in [2.05, 4.69) is 6.92 Å². The van der Waals surface area contributed by atoms with Crippen LogP contribution in [0.5, 0.6) is 0 Å². The molecule has 0 heterocycles. The van der Waals surface area contributed by atoms with Crippen LogP contribution in [-0.2, 0) is 25.7 Å². The van der Waals surface area contributed by atoms with Crippen molar-refractivity contribution in [3.63, 3.8) is 0 Å². The molecule has 4 N–H and O–H groups in total. The molecule has 0 aromatic heterocycles. The number of unbranched alkanes of at least 4 members (excludes halogenated alkanes) is 10. The summed E-state index contributed by atoms with van der Waals surface area (Å²) in [5.41, 5.74) is 12.8. The maximum atomic E-state index is 13.3. The largest absolute Gasteiger partial charge is 0.461 e. The van der Waals surface area contributed by atoms with Crippen molar-refractivity contribution in [1.29, 1.82) is 0 Å². The minimum atomic E-state index is -0.734. The zero-order chi connectivity index (χ0) is 28.9. The summed E-state index contributed by atoms with van der Waals surface area (Å²) in [7, 11) is 0. The van der Waals surface area contributed by atoms with Crippen molar-refractivity contribution in [1.82, 2.24) is 4.90 Å². The average Bonchev–Trinajstić information content (AvgIpc) is 2.90. The van der Waals surface area contributed by atoms with Gasteiger partial charge >= 0.3 is 5.97 Å². The highest BCUT2D eigenvalue weighted by atomic mass is 35.5. The molecule has 1 aromatic rings. The van der Waals surface area contributed by atoms with Crippen LogP contribution < -0.4 is 11.5 Å². The summed E-state index contributed by atoms with van der Waals surface area (Å²) in [4.78, 5) is 39.0. The number of carbonyl (C=O) groups is 3. The van der Waals surface area contributed by atoms with Gasteiger partial charge in [-0.25, -0.2) is 0 Å². The van der Waals surface area contributed by atoms with Crippen molar-refractivity contribution >= 4 is 30.2 Å². The molecule has 2 amide bonds. The zero-order valence-electron chi connectivity index (χ0n) is 25.3. The number of rotatable bonds is 23. The Labute approximate surface area is 249 Å². The number of amides is 2. The fourth-order valence-corrected chi connectivity index (χ4v) is 5.06. The Kier molecular flexibility index (Phi) is 22.3. The lowest BCUT2D eigenvalue weighted by Gasteiger charge is -2.36. The molecule has 40 heavy (non-hydrogen) atoms. The van der Waals surface area contributed by atoms with Crippen molar-refractivity contribution in [3.8, 4) is 0 Å². The minimum absolute atomic E-state index is 0. The van der Waals surface area contributed by atoms with E-state index in [1.165, 1.54) is 57.8 Å². The quantitative estimate of drug-likeness (QED) is 0.108. The predicted octanol–water partition coefficient (Wildman–Crippen LogP) is 6.83. The Morgan fingerprint density at radius 3 is 1.90 bits per heavy atom. The van der Waals surface area contributed by atoms with E-state index in [0.717, 1.165) is 24.8 Å². The van der Waals surface area contributed by atoms with Crippen LogP contribution in [0.2, 0.25) is 0 Å². The van der Waals surface area contributed by atoms with Gasteiger partial charge in [0.1, 0.15) is 6.61 Å². The second-order valence-corrected chi connectivity index (χ2v) is 11.1. The number of halogens is 1. The van der Waals surface area contributed by atoms with E-state index in [9.17, 15) is 14.4 Å². The fraction of sp³-hybridized carbons (Fsp3) is 0.719. The third-order valence-electron chi connectivity index (χ3n) is 7.24. The van der Waals surface area contributed by atoms with Crippen molar-refractivity contribution in [3.05, 3.63) is 35.9 Å². The first-order chi connectivity index (χ1) is 18.8. The smallest absolute Gasteiger partial charge is 0.306 e. The molecule has 0 fully saturated rings. The van der Waals surface area contributed by atoms with Crippen molar-refractivity contribution in [2.24, 2.45) is 11.5 Å². The molecule has 0 unspecified atom stereocenters. The van der Waals surface area contributed by atoms with E-state index in [4.69, 9.17) is 16.2 Å². The molecule has 1 aromatic carbocycles. The maximum Gasteiger partial charge on any atom is 0.306 e. The third-order valence-corrected chi connectivity index (χ3v) is 7.24. The summed E-state index contributed by atoms with van der Waals surface area (Å²) < 4.78 is 5.32. The van der Waals surface area contributed by atoms with Crippen LogP contribution in [0.25, 0.3) is 0 Å². The van der Waals surface area contributed by atoms with E-state index in [1.54, 1.807) is 4.90 Å². The molecule has 0 saturated carbocycles. The molecule has 0 spiro atoms. The molecule has 0 aliphatic heterocycles. The van der Waals surface area contributed by atoms with Crippen molar-refractivity contribution < 1.29 is 19.1 Å². The van der Waals surface area contributed by atoms with Crippen LogP contribution in [0, 0.1) is 0 Å². The summed E-state index contributed by atoms with van der Waals surface area (Å²) in [5.74, 6) is -0.893. The van der Waals surface area contributed by atoms with Gasteiger partial charge in [-0.15, -0.1) is 12.4 Å². The highest BCUT2D eigenvalue weighted by molar-refractivity contribution is 5.85. The Morgan fingerprint density at radius 1 is 0.825 bits per heavy atom. The Balaban J connectivity index is 0.0000152. The molecule has 1 rings (SSSR count). The first-order valence-electron chi connectivity index (χ1n) is 15.3. The van der Waals surface area contributed by atoms with E-state index < -0.39 is 11.9 Å². The van der Waals surface area contributed by atoms with Gasteiger partial charge in [-0.2, -0.15) is 0 Å². The van der Waals surface area contributed by atoms with Gasteiger partial charge in [-0.05, 0) is 38.7 Å². The Morgan fingerprint density at radius 2 is 1.38 bits per heavy atom. The molecule has 0 bridgehead atoms. The summed E-state index contributed by atoms with van der Waals surface area (Å²) in [6, 6.07) is 8.43. The molecule has 2 atom stereocenters. The number of esters is 1. The molecule has 0 saturated heterocycles. The summed E-state index contributed by atoms with van der Waals surface area (Å²) in [5, 5.41) is 0. The van der Waals surface area contributed by atoms with E-state index in [0.29, 0.717) is 12.8 Å². The lowest BCUT2D eigenvalue weighted by Crippen LogP contribution is -2.52. The molecule has 8 heteroatoms. The normalized spacial score (nSPS) is 12.4. The Bertz CT molecular complexity index is 807. The second-order valence-electron chi connectivity index (χ2n) is 11.1. The molecular weight excluding hydrogens is 526 g/mol. The second kappa shape index (κ2) is 23.6. The number of ether oxygens (including phenoxy) is 1. The minimum Gasteiger partial charge on any atom is -0.461 e. The number of hydrogen-bond acceptors (Lipinski definition) is 5. The first-order valence-corrected chi connectivity index (χ1v) is 15.3. The molecular formula is C32H56ClN3O4. The van der Waals surface area contributed by atoms with Crippen LogP contribution in [0.15, 0.2) is 30.3 Å². The average molecular weight is 582 g/mol. The van der Waals surface area contributed by atoms with Crippen molar-refractivity contribution in [2.75, 3.05) is 0 Å². The topological polar surface area (TPSA) is 116 Å². The van der Waals surface area contributed by atoms with Crippen LogP contribution in [0.3, 0.4) is 0 Å². The molecule has 7 nitrogen and oxygen atoms in total. The maximum absolute atomic E-state index is 13.3. The number of benzene rings is 1. The molecule has 0 aliphatic rings. The van der Waals surface area contributed by atoms with E-state index in [1.807, 2.05) is 44.2 Å². The van der Waals surface area contributed by atoms with Crippen LogP contribution in [0.4, 0.5) is 0 Å². The van der Waals surface area contributed by atoms with Gasteiger partial charge in [-0.3, -0.25) is 14.4 Å². The third kappa shape index (κ3) is 17.5. The molecule has 0 radical (unpaired) electrons. The molecule has 230 valence electrons. The lowest BCUT2D eigenvalue weighted by atomic mass is 9.98. The highest BCUT2D eigenvalue weighted by Crippen LogP contribution is 2.20. The van der Waals surface area contributed by atoms with Crippen LogP contribution in [0.1, 0.15) is 129 Å². The SMILES string of the molecule is CCCCCCCCCCCCC[C@@H](CC(N)=O)N(C(=O)[C@@H](N)CCCC(=O)OCc1ccccc1)C(C)C.Cl. The van der Waals surface area contributed by atoms with Crippen molar-refractivity contribution in [2.45, 2.75) is 148 Å². The summed E-state index contributed by atoms with van der Waals surface area (Å²) in [6.07, 6.45) is 15.6. The number of primary amides is 1. The zero-order valence-corrected chi connectivity index (χ0v) is 26.1. The van der Waals surface area contributed by atoms with Crippen LogP contribution >= 0.6 is 12.4 Å². The standard InChI is InChI=1S/C32H55N3O4.ClH/c1-4-5-6-7-8-9-10-11-12-13-17-21-28(24-30(34)36)35(26(2)3)32(38)29(33)22-18-23-31(37)39-25-27-19-15-14-16-20-27;/h14-16,19-20,26,28-29H,4-13,17-18,21-25,33H2,1-3H3,(H2,34,36);1H/t28-,29-;/m0./s1. The molecule has 0 aliphatic carbocycles. The van der Waals surface area contributed by atoms with Crippen LogP contribution in [-0.4, -0.2) is 40.8 Å². The number of hydrogen-bond donors (Lipinski definition) is 2. The predicted molar refractivity (Wildman–Crippen MR) is 166 cm³/mol.